The van der Waals surface area contributed by atoms with Crippen molar-refractivity contribution in [1.29, 1.82) is 5.26 Å². The number of hydrogen-bond donors (Lipinski definition) is 1. The number of carbonyl (C=O) groups is 1. The second kappa shape index (κ2) is 8.15. The molecule has 0 radical (unpaired) electrons. The van der Waals surface area contributed by atoms with Gasteiger partial charge in [-0.3, -0.25) is 4.79 Å². The summed E-state index contributed by atoms with van der Waals surface area (Å²) >= 11 is 0. The molecule has 5 nitrogen and oxygen atoms in total. The molecule has 0 spiro atoms. The third-order valence-electron chi connectivity index (χ3n) is 3.70. The lowest BCUT2D eigenvalue weighted by atomic mass is 10.1. The minimum atomic E-state index is -0.738. The monoisotopic (exact) mass is 342 g/mol. The number of hydrogen-bond acceptors (Lipinski definition) is 4. The Morgan fingerprint density at radius 1 is 1.20 bits per heavy atom. The molecule has 1 amide bonds. The number of amides is 1. The summed E-state index contributed by atoms with van der Waals surface area (Å²) in [6.45, 7) is 3.38. The number of halogens is 1. The molecule has 2 aromatic rings. The molecule has 2 aromatic carbocycles. The van der Waals surface area contributed by atoms with Crippen molar-refractivity contribution in [3.05, 3.63) is 59.4 Å². The number of nitrogens with zero attached hydrogens (tertiary/aromatic N) is 1. The number of carbonyl (C=O) groups excluding carboxylic acids is 1. The zero-order valence-electron chi connectivity index (χ0n) is 14.2. The molecule has 25 heavy (non-hydrogen) atoms. The van der Waals surface area contributed by atoms with Crippen LogP contribution < -0.4 is 14.8 Å². The molecule has 0 fully saturated rings. The van der Waals surface area contributed by atoms with Gasteiger partial charge in [-0.25, -0.2) is 4.39 Å². The van der Waals surface area contributed by atoms with Gasteiger partial charge in [-0.1, -0.05) is 6.07 Å². The predicted octanol–water partition coefficient (Wildman–Crippen LogP) is 3.35. The standard InChI is InChI=1S/C19H19FN2O3/c1-12(15-6-9-18(24-3)17(20)10-15)22-19(23)13(2)25-16-7-4-14(11-21)5-8-16/h4-10,12-13H,1-3H3,(H,22,23). The fraction of sp³-hybridized carbons (Fsp3) is 0.263. The van der Waals surface area contributed by atoms with Crippen molar-refractivity contribution in [2.24, 2.45) is 0 Å². The SMILES string of the molecule is COc1ccc(C(C)NC(=O)C(C)Oc2ccc(C#N)cc2)cc1F. The lowest BCUT2D eigenvalue weighted by molar-refractivity contribution is -0.127. The average Bonchev–Trinajstić information content (AvgIpc) is 2.62. The average molecular weight is 342 g/mol. The Labute approximate surface area is 146 Å². The van der Waals surface area contributed by atoms with Crippen LogP contribution in [0, 0.1) is 17.1 Å². The third kappa shape index (κ3) is 4.70. The number of rotatable bonds is 6. The highest BCUT2D eigenvalue weighted by atomic mass is 19.1. The number of benzene rings is 2. The van der Waals surface area contributed by atoms with Crippen LogP contribution in [0.3, 0.4) is 0 Å². The van der Waals surface area contributed by atoms with E-state index in [0.717, 1.165) is 0 Å². The fourth-order valence-electron chi connectivity index (χ4n) is 2.23. The van der Waals surface area contributed by atoms with Gasteiger partial charge < -0.3 is 14.8 Å². The summed E-state index contributed by atoms with van der Waals surface area (Å²) in [5.74, 6) is -0.166. The van der Waals surface area contributed by atoms with Crippen molar-refractivity contribution in [2.75, 3.05) is 7.11 Å². The lowest BCUT2D eigenvalue weighted by Gasteiger charge is -2.19. The quantitative estimate of drug-likeness (QED) is 0.874. The second-order valence-electron chi connectivity index (χ2n) is 5.52. The maximum absolute atomic E-state index is 13.8. The third-order valence-corrected chi connectivity index (χ3v) is 3.70. The first kappa shape index (κ1) is 18.3. The predicted molar refractivity (Wildman–Crippen MR) is 90.8 cm³/mol. The van der Waals surface area contributed by atoms with Crippen LogP contribution in [0.5, 0.6) is 11.5 Å². The molecule has 0 aromatic heterocycles. The molecule has 2 unspecified atom stereocenters. The van der Waals surface area contributed by atoms with Crippen molar-refractivity contribution in [2.45, 2.75) is 26.0 Å². The van der Waals surface area contributed by atoms with Gasteiger partial charge in [0.15, 0.2) is 17.7 Å². The molecule has 130 valence electrons. The van der Waals surface area contributed by atoms with Crippen LogP contribution in [0.25, 0.3) is 0 Å². The van der Waals surface area contributed by atoms with Gasteiger partial charge in [-0.05, 0) is 55.8 Å². The van der Waals surface area contributed by atoms with Crippen LogP contribution in [-0.4, -0.2) is 19.1 Å². The number of nitriles is 1. The molecule has 0 bridgehead atoms. The van der Waals surface area contributed by atoms with E-state index >= 15 is 0 Å². The molecular formula is C19H19FN2O3. The smallest absolute Gasteiger partial charge is 0.261 e. The second-order valence-corrected chi connectivity index (χ2v) is 5.52. The number of nitrogens with one attached hydrogen (secondary N) is 1. The summed E-state index contributed by atoms with van der Waals surface area (Å²) in [6, 6.07) is 12.7. The van der Waals surface area contributed by atoms with Crippen LogP contribution >= 0.6 is 0 Å². The molecular weight excluding hydrogens is 323 g/mol. The highest BCUT2D eigenvalue weighted by Crippen LogP contribution is 2.22. The molecule has 0 aliphatic rings. The summed E-state index contributed by atoms with van der Waals surface area (Å²) in [5.41, 5.74) is 1.14. The molecule has 0 aliphatic carbocycles. The molecule has 6 heteroatoms. The van der Waals surface area contributed by atoms with E-state index in [1.165, 1.54) is 19.2 Å². The van der Waals surface area contributed by atoms with E-state index in [4.69, 9.17) is 14.7 Å². The first-order valence-electron chi connectivity index (χ1n) is 7.75. The zero-order chi connectivity index (χ0) is 18.4. The van der Waals surface area contributed by atoms with E-state index in [0.29, 0.717) is 16.9 Å². The van der Waals surface area contributed by atoms with Crippen LogP contribution in [0.1, 0.15) is 31.0 Å². The van der Waals surface area contributed by atoms with E-state index in [1.54, 1.807) is 44.2 Å². The van der Waals surface area contributed by atoms with E-state index in [-0.39, 0.29) is 17.7 Å². The van der Waals surface area contributed by atoms with Crippen molar-refractivity contribution in [3.8, 4) is 17.6 Å². The highest BCUT2D eigenvalue weighted by molar-refractivity contribution is 5.81. The minimum absolute atomic E-state index is 0.153. The normalized spacial score (nSPS) is 12.6. The van der Waals surface area contributed by atoms with Gasteiger partial charge in [0.05, 0.1) is 24.8 Å². The van der Waals surface area contributed by atoms with Crippen molar-refractivity contribution in [1.82, 2.24) is 5.32 Å². The lowest BCUT2D eigenvalue weighted by Crippen LogP contribution is -2.37. The molecule has 0 aliphatic heterocycles. The maximum Gasteiger partial charge on any atom is 0.261 e. The molecule has 2 rings (SSSR count). The summed E-state index contributed by atoms with van der Waals surface area (Å²) in [7, 11) is 1.39. The van der Waals surface area contributed by atoms with E-state index < -0.39 is 11.9 Å². The minimum Gasteiger partial charge on any atom is -0.494 e. The zero-order valence-corrected chi connectivity index (χ0v) is 14.2. The van der Waals surface area contributed by atoms with Crippen LogP contribution in [0.2, 0.25) is 0 Å². The fourth-order valence-corrected chi connectivity index (χ4v) is 2.23. The van der Waals surface area contributed by atoms with Crippen LogP contribution in [0.15, 0.2) is 42.5 Å². The molecule has 0 saturated heterocycles. The highest BCUT2D eigenvalue weighted by Gasteiger charge is 2.18. The molecule has 0 heterocycles. The first-order valence-corrected chi connectivity index (χ1v) is 7.75. The van der Waals surface area contributed by atoms with Crippen molar-refractivity contribution in [3.63, 3.8) is 0 Å². The maximum atomic E-state index is 13.8. The Bertz CT molecular complexity index is 784. The van der Waals surface area contributed by atoms with Gasteiger partial charge in [0.1, 0.15) is 5.75 Å². The van der Waals surface area contributed by atoms with Gasteiger partial charge in [0.25, 0.3) is 5.91 Å². The van der Waals surface area contributed by atoms with Gasteiger partial charge in [-0.15, -0.1) is 0 Å². The summed E-state index contributed by atoms with van der Waals surface area (Å²) in [5, 5.41) is 11.5. The Morgan fingerprint density at radius 2 is 1.88 bits per heavy atom. The Morgan fingerprint density at radius 3 is 2.44 bits per heavy atom. The first-order chi connectivity index (χ1) is 11.9. The summed E-state index contributed by atoms with van der Waals surface area (Å²) in [6.07, 6.45) is -0.738. The van der Waals surface area contributed by atoms with E-state index in [2.05, 4.69) is 5.32 Å². The Balaban J connectivity index is 1.97. The largest absolute Gasteiger partial charge is 0.494 e. The van der Waals surface area contributed by atoms with Crippen LogP contribution in [0.4, 0.5) is 4.39 Å². The Kier molecular flexibility index (Phi) is 5.96. The topological polar surface area (TPSA) is 71.3 Å². The molecule has 0 saturated carbocycles. The Hall–Kier alpha value is -3.07. The number of ether oxygens (including phenoxy) is 2. The van der Waals surface area contributed by atoms with Crippen molar-refractivity contribution < 1.29 is 18.7 Å². The van der Waals surface area contributed by atoms with Gasteiger partial charge in [0, 0.05) is 0 Å². The van der Waals surface area contributed by atoms with Gasteiger partial charge in [0.2, 0.25) is 0 Å². The van der Waals surface area contributed by atoms with Crippen molar-refractivity contribution >= 4 is 5.91 Å². The van der Waals surface area contributed by atoms with Gasteiger partial charge >= 0.3 is 0 Å². The van der Waals surface area contributed by atoms with E-state index in [9.17, 15) is 9.18 Å². The van der Waals surface area contributed by atoms with E-state index in [1.807, 2.05) is 6.07 Å². The number of methoxy groups -OCH3 is 1. The summed E-state index contributed by atoms with van der Waals surface area (Å²) in [4.78, 5) is 12.3. The molecule has 1 N–H and O–H groups in total. The van der Waals surface area contributed by atoms with Crippen LogP contribution in [-0.2, 0) is 4.79 Å². The summed E-state index contributed by atoms with van der Waals surface area (Å²) < 4.78 is 24.2. The van der Waals surface area contributed by atoms with Gasteiger partial charge in [-0.2, -0.15) is 5.26 Å². The molecule has 2 atom stereocenters.